The molecule has 1 aliphatic heterocycles. The third kappa shape index (κ3) is 1.84. The normalized spacial score (nSPS) is 27.2. The van der Waals surface area contributed by atoms with Crippen LogP contribution in [-0.2, 0) is 14.3 Å². The first-order valence-electron chi connectivity index (χ1n) is 5.20. The maximum Gasteiger partial charge on any atom is 0.408 e. The molecule has 5 heteroatoms. The van der Waals surface area contributed by atoms with E-state index in [0.717, 1.165) is 5.56 Å². The van der Waals surface area contributed by atoms with Crippen molar-refractivity contribution in [3.05, 3.63) is 35.9 Å². The SMILES string of the molecule is COC(=O)C1(C)NC(=O)OC1c1ccccc1. The number of cyclic esters (lactones) is 1. The summed E-state index contributed by atoms with van der Waals surface area (Å²) in [5.41, 5.74) is -0.438. The number of hydrogen-bond donors (Lipinski definition) is 1. The molecule has 0 bridgehead atoms. The van der Waals surface area contributed by atoms with Crippen molar-refractivity contribution in [2.45, 2.75) is 18.6 Å². The Morgan fingerprint density at radius 3 is 2.65 bits per heavy atom. The molecule has 1 heterocycles. The summed E-state index contributed by atoms with van der Waals surface area (Å²) in [7, 11) is 1.28. The standard InChI is InChI=1S/C12H13NO4/c1-12(10(14)16-2)9(17-11(15)13-12)8-6-4-3-5-7-8/h3-7,9H,1-2H3,(H,13,15). The Kier molecular flexibility index (Phi) is 2.75. The summed E-state index contributed by atoms with van der Waals surface area (Å²) >= 11 is 0. The fourth-order valence-corrected chi connectivity index (χ4v) is 1.93. The number of alkyl carbamates (subject to hydrolysis) is 1. The number of benzene rings is 1. The van der Waals surface area contributed by atoms with Crippen LogP contribution in [0.25, 0.3) is 0 Å². The lowest BCUT2D eigenvalue weighted by Gasteiger charge is -2.25. The van der Waals surface area contributed by atoms with E-state index in [-0.39, 0.29) is 0 Å². The molecule has 0 saturated carbocycles. The van der Waals surface area contributed by atoms with Crippen molar-refractivity contribution < 1.29 is 19.1 Å². The molecule has 1 aromatic rings. The van der Waals surface area contributed by atoms with Crippen LogP contribution in [-0.4, -0.2) is 24.7 Å². The van der Waals surface area contributed by atoms with Gasteiger partial charge in [-0.25, -0.2) is 9.59 Å². The van der Waals surface area contributed by atoms with Crippen molar-refractivity contribution in [1.82, 2.24) is 5.32 Å². The zero-order chi connectivity index (χ0) is 12.5. The van der Waals surface area contributed by atoms with Gasteiger partial charge in [0, 0.05) is 0 Å². The Labute approximate surface area is 98.7 Å². The number of hydrogen-bond acceptors (Lipinski definition) is 4. The fraction of sp³-hybridized carbons (Fsp3) is 0.333. The highest BCUT2D eigenvalue weighted by molar-refractivity contribution is 5.89. The van der Waals surface area contributed by atoms with Crippen LogP contribution >= 0.6 is 0 Å². The van der Waals surface area contributed by atoms with Crippen LogP contribution in [0.15, 0.2) is 30.3 Å². The molecule has 17 heavy (non-hydrogen) atoms. The number of rotatable bonds is 2. The average Bonchev–Trinajstić information content (AvgIpc) is 2.66. The summed E-state index contributed by atoms with van der Waals surface area (Å²) < 4.78 is 9.84. The van der Waals surface area contributed by atoms with Crippen molar-refractivity contribution >= 4 is 12.1 Å². The van der Waals surface area contributed by atoms with Crippen LogP contribution < -0.4 is 5.32 Å². The maximum atomic E-state index is 11.7. The Bertz CT molecular complexity index is 445. The molecule has 1 saturated heterocycles. The van der Waals surface area contributed by atoms with Crippen molar-refractivity contribution in [1.29, 1.82) is 0 Å². The first-order valence-corrected chi connectivity index (χ1v) is 5.20. The van der Waals surface area contributed by atoms with Crippen LogP contribution in [0.4, 0.5) is 4.79 Å². The molecule has 0 aromatic heterocycles. The van der Waals surface area contributed by atoms with Crippen molar-refractivity contribution in [2.75, 3.05) is 7.11 Å². The van der Waals surface area contributed by atoms with Crippen LogP contribution in [0.2, 0.25) is 0 Å². The van der Waals surface area contributed by atoms with E-state index in [4.69, 9.17) is 9.47 Å². The second-order valence-corrected chi connectivity index (χ2v) is 4.01. The highest BCUT2D eigenvalue weighted by Crippen LogP contribution is 2.35. The van der Waals surface area contributed by atoms with Crippen LogP contribution in [0, 0.1) is 0 Å². The van der Waals surface area contributed by atoms with Crippen molar-refractivity contribution in [3.8, 4) is 0 Å². The van der Waals surface area contributed by atoms with Gasteiger partial charge in [-0.2, -0.15) is 0 Å². The summed E-state index contributed by atoms with van der Waals surface area (Å²) in [5, 5.41) is 2.49. The minimum absolute atomic E-state index is 0.530. The molecule has 0 spiro atoms. The molecule has 5 nitrogen and oxygen atoms in total. The summed E-state index contributed by atoms with van der Waals surface area (Å²) in [6.45, 7) is 1.58. The zero-order valence-electron chi connectivity index (χ0n) is 9.60. The predicted octanol–water partition coefficient (Wildman–Crippen LogP) is 1.40. The minimum atomic E-state index is -1.19. The Hall–Kier alpha value is -2.04. The Morgan fingerprint density at radius 1 is 1.41 bits per heavy atom. The molecule has 90 valence electrons. The smallest absolute Gasteiger partial charge is 0.408 e. The molecule has 1 amide bonds. The lowest BCUT2D eigenvalue weighted by molar-refractivity contribution is -0.149. The van der Waals surface area contributed by atoms with Crippen LogP contribution in [0.1, 0.15) is 18.6 Å². The molecule has 2 rings (SSSR count). The number of nitrogens with one attached hydrogen (secondary N) is 1. The summed E-state index contributed by atoms with van der Waals surface area (Å²) in [6, 6.07) is 9.08. The number of methoxy groups -OCH3 is 1. The van der Waals surface area contributed by atoms with Gasteiger partial charge < -0.3 is 14.8 Å². The first kappa shape index (κ1) is 11.4. The summed E-state index contributed by atoms with van der Waals surface area (Å²) in [4.78, 5) is 23.1. The summed E-state index contributed by atoms with van der Waals surface area (Å²) in [5.74, 6) is -0.530. The number of carbonyl (C=O) groups excluding carboxylic acids is 2. The highest BCUT2D eigenvalue weighted by atomic mass is 16.6. The van der Waals surface area contributed by atoms with Gasteiger partial charge in [-0.15, -0.1) is 0 Å². The molecule has 1 aliphatic rings. The minimum Gasteiger partial charge on any atom is -0.467 e. The average molecular weight is 235 g/mol. The van der Waals surface area contributed by atoms with Gasteiger partial charge in [-0.1, -0.05) is 30.3 Å². The van der Waals surface area contributed by atoms with Crippen LogP contribution in [0.3, 0.4) is 0 Å². The molecule has 1 N–H and O–H groups in total. The number of ether oxygens (including phenoxy) is 2. The predicted molar refractivity (Wildman–Crippen MR) is 59.2 cm³/mol. The van der Waals surface area contributed by atoms with Gasteiger partial charge in [0.2, 0.25) is 0 Å². The second kappa shape index (κ2) is 4.08. The van der Waals surface area contributed by atoms with E-state index >= 15 is 0 Å². The van der Waals surface area contributed by atoms with Gasteiger partial charge in [-0.3, -0.25) is 0 Å². The quantitative estimate of drug-likeness (QED) is 0.787. The highest BCUT2D eigenvalue weighted by Gasteiger charge is 2.52. The van der Waals surface area contributed by atoms with E-state index in [0.29, 0.717) is 0 Å². The number of amides is 1. The summed E-state index contributed by atoms with van der Waals surface area (Å²) in [6.07, 6.45) is -1.30. The number of esters is 1. The van der Waals surface area contributed by atoms with Gasteiger partial charge in [0.25, 0.3) is 0 Å². The van der Waals surface area contributed by atoms with Gasteiger partial charge >= 0.3 is 12.1 Å². The topological polar surface area (TPSA) is 64.6 Å². The molecule has 2 unspecified atom stereocenters. The van der Waals surface area contributed by atoms with Gasteiger partial charge in [0.1, 0.15) is 0 Å². The zero-order valence-corrected chi connectivity index (χ0v) is 9.60. The second-order valence-electron chi connectivity index (χ2n) is 4.01. The van der Waals surface area contributed by atoms with Gasteiger partial charge in [0.05, 0.1) is 7.11 Å². The molecule has 0 aliphatic carbocycles. The molecule has 1 aromatic carbocycles. The van der Waals surface area contributed by atoms with E-state index in [2.05, 4.69) is 5.32 Å². The third-order valence-electron chi connectivity index (χ3n) is 2.82. The van der Waals surface area contributed by atoms with Crippen LogP contribution in [0.5, 0.6) is 0 Å². The van der Waals surface area contributed by atoms with E-state index < -0.39 is 23.7 Å². The lowest BCUT2D eigenvalue weighted by atomic mass is 9.90. The molecular weight excluding hydrogens is 222 g/mol. The molecule has 2 atom stereocenters. The Balaban J connectivity index is 2.38. The van der Waals surface area contributed by atoms with Gasteiger partial charge in [-0.05, 0) is 12.5 Å². The van der Waals surface area contributed by atoms with E-state index in [9.17, 15) is 9.59 Å². The molecular formula is C12H13NO4. The molecule has 1 fully saturated rings. The third-order valence-corrected chi connectivity index (χ3v) is 2.82. The lowest BCUT2D eigenvalue weighted by Crippen LogP contribution is -2.49. The monoisotopic (exact) mass is 235 g/mol. The molecule has 0 radical (unpaired) electrons. The van der Waals surface area contributed by atoms with E-state index in [1.54, 1.807) is 19.1 Å². The van der Waals surface area contributed by atoms with Crippen molar-refractivity contribution in [2.24, 2.45) is 0 Å². The maximum absolute atomic E-state index is 11.7. The van der Waals surface area contributed by atoms with Gasteiger partial charge in [0.15, 0.2) is 11.6 Å². The first-order chi connectivity index (χ1) is 8.08. The van der Waals surface area contributed by atoms with E-state index in [1.165, 1.54) is 7.11 Å². The largest absolute Gasteiger partial charge is 0.467 e. The van der Waals surface area contributed by atoms with E-state index in [1.807, 2.05) is 18.2 Å². The fourth-order valence-electron chi connectivity index (χ4n) is 1.93. The van der Waals surface area contributed by atoms with Crippen molar-refractivity contribution in [3.63, 3.8) is 0 Å². The Morgan fingerprint density at radius 2 is 2.06 bits per heavy atom. The number of carbonyl (C=O) groups is 2.